The Morgan fingerprint density at radius 3 is 2.95 bits per heavy atom. The molecule has 0 amide bonds. The Hall–Kier alpha value is -1.14. The molecule has 2 rings (SSSR count). The van der Waals surface area contributed by atoms with Crippen molar-refractivity contribution in [1.29, 1.82) is 0 Å². The molecule has 5 heteroatoms. The number of nitrogens with two attached hydrogens (primary N) is 1. The smallest absolute Gasteiger partial charge is 0.123 e. The highest BCUT2D eigenvalue weighted by molar-refractivity contribution is 5.32. The molecule has 1 fully saturated rings. The van der Waals surface area contributed by atoms with Crippen LogP contribution in [0, 0.1) is 0 Å². The number of ether oxygens (including phenoxy) is 3. The molecule has 3 N–H and O–H groups in total. The van der Waals surface area contributed by atoms with Gasteiger partial charge < -0.3 is 25.1 Å². The Kier molecular flexibility index (Phi) is 6.26. The van der Waals surface area contributed by atoms with Gasteiger partial charge in [0.15, 0.2) is 0 Å². The third-order valence-corrected chi connectivity index (χ3v) is 3.26. The Morgan fingerprint density at radius 1 is 1.35 bits per heavy atom. The van der Waals surface area contributed by atoms with Gasteiger partial charge in [-0.15, -0.1) is 0 Å². The van der Waals surface area contributed by atoms with Gasteiger partial charge in [-0.25, -0.2) is 0 Å². The fourth-order valence-electron chi connectivity index (χ4n) is 2.16. The van der Waals surface area contributed by atoms with Crippen molar-refractivity contribution in [1.82, 2.24) is 0 Å². The molecule has 0 saturated carbocycles. The van der Waals surface area contributed by atoms with Crippen molar-refractivity contribution in [2.24, 2.45) is 5.73 Å². The lowest BCUT2D eigenvalue weighted by molar-refractivity contribution is -0.0278. The van der Waals surface area contributed by atoms with Gasteiger partial charge in [0.25, 0.3) is 0 Å². The minimum atomic E-state index is -0.651. The van der Waals surface area contributed by atoms with Gasteiger partial charge in [-0.05, 0) is 18.9 Å². The van der Waals surface area contributed by atoms with Crippen molar-refractivity contribution in [2.75, 3.05) is 26.4 Å². The van der Waals surface area contributed by atoms with Crippen LogP contribution in [0.1, 0.15) is 18.4 Å². The fourth-order valence-corrected chi connectivity index (χ4v) is 2.16. The molecule has 112 valence electrons. The second kappa shape index (κ2) is 8.21. The Labute approximate surface area is 119 Å². The first-order chi connectivity index (χ1) is 9.79. The van der Waals surface area contributed by atoms with Gasteiger partial charge in [0, 0.05) is 18.7 Å². The first kappa shape index (κ1) is 15.3. The van der Waals surface area contributed by atoms with Crippen molar-refractivity contribution in [3.63, 3.8) is 0 Å². The average molecular weight is 281 g/mol. The Bertz CT molecular complexity index is 393. The van der Waals surface area contributed by atoms with Crippen LogP contribution >= 0.6 is 0 Å². The van der Waals surface area contributed by atoms with Crippen LogP contribution in [0.5, 0.6) is 5.75 Å². The van der Waals surface area contributed by atoms with Crippen LogP contribution in [-0.2, 0) is 16.0 Å². The van der Waals surface area contributed by atoms with E-state index >= 15 is 0 Å². The number of hydrogen-bond acceptors (Lipinski definition) is 5. The summed E-state index contributed by atoms with van der Waals surface area (Å²) in [5.41, 5.74) is 6.56. The van der Waals surface area contributed by atoms with Crippen molar-refractivity contribution in [3.05, 3.63) is 29.8 Å². The molecular weight excluding hydrogens is 258 g/mol. The normalized spacial score (nSPS) is 20.0. The summed E-state index contributed by atoms with van der Waals surface area (Å²) < 4.78 is 16.5. The van der Waals surface area contributed by atoms with E-state index in [9.17, 15) is 5.11 Å². The Balaban J connectivity index is 1.65. The van der Waals surface area contributed by atoms with Crippen LogP contribution in [0.15, 0.2) is 24.3 Å². The van der Waals surface area contributed by atoms with E-state index in [1.54, 1.807) is 0 Å². The SMILES string of the molecule is NCc1ccccc1OCC(O)COCC1CCCO1. The average Bonchev–Trinajstić information content (AvgIpc) is 2.98. The largest absolute Gasteiger partial charge is 0.490 e. The number of para-hydroxylation sites is 1. The van der Waals surface area contributed by atoms with Crippen LogP contribution in [0.4, 0.5) is 0 Å². The van der Waals surface area contributed by atoms with Gasteiger partial charge in [-0.2, -0.15) is 0 Å². The molecular formula is C15H23NO4. The lowest BCUT2D eigenvalue weighted by atomic mass is 10.2. The highest BCUT2D eigenvalue weighted by atomic mass is 16.5. The molecule has 2 unspecified atom stereocenters. The van der Waals surface area contributed by atoms with Crippen molar-refractivity contribution >= 4 is 0 Å². The second-order valence-corrected chi connectivity index (χ2v) is 4.95. The van der Waals surface area contributed by atoms with Gasteiger partial charge in [0.2, 0.25) is 0 Å². The third kappa shape index (κ3) is 4.76. The highest BCUT2D eigenvalue weighted by Crippen LogP contribution is 2.17. The van der Waals surface area contributed by atoms with Crippen LogP contribution < -0.4 is 10.5 Å². The maximum atomic E-state index is 9.83. The number of hydrogen-bond donors (Lipinski definition) is 2. The molecule has 2 atom stereocenters. The molecule has 1 saturated heterocycles. The van der Waals surface area contributed by atoms with Gasteiger partial charge in [0.1, 0.15) is 18.5 Å². The summed E-state index contributed by atoms with van der Waals surface area (Å²) >= 11 is 0. The van der Waals surface area contributed by atoms with Crippen molar-refractivity contribution in [2.45, 2.75) is 31.6 Å². The summed E-state index contributed by atoms with van der Waals surface area (Å²) in [5, 5.41) is 9.83. The van der Waals surface area contributed by atoms with Crippen molar-refractivity contribution in [3.8, 4) is 5.75 Å². The monoisotopic (exact) mass is 281 g/mol. The molecule has 5 nitrogen and oxygen atoms in total. The first-order valence-corrected chi connectivity index (χ1v) is 7.07. The van der Waals surface area contributed by atoms with E-state index in [1.165, 1.54) is 0 Å². The molecule has 0 aromatic heterocycles. The summed E-state index contributed by atoms with van der Waals surface area (Å²) in [4.78, 5) is 0. The maximum Gasteiger partial charge on any atom is 0.123 e. The molecule has 0 radical (unpaired) electrons. The van der Waals surface area contributed by atoms with Crippen LogP contribution in [0.25, 0.3) is 0 Å². The van der Waals surface area contributed by atoms with E-state index < -0.39 is 6.10 Å². The maximum absolute atomic E-state index is 9.83. The topological polar surface area (TPSA) is 73.9 Å². The molecule has 1 aromatic carbocycles. The molecule has 1 heterocycles. The molecule has 1 aromatic rings. The van der Waals surface area contributed by atoms with E-state index in [-0.39, 0.29) is 19.3 Å². The second-order valence-electron chi connectivity index (χ2n) is 4.95. The van der Waals surface area contributed by atoms with E-state index in [4.69, 9.17) is 19.9 Å². The minimum Gasteiger partial charge on any atom is -0.490 e. The van der Waals surface area contributed by atoms with E-state index in [0.717, 1.165) is 25.0 Å². The molecule has 1 aliphatic heterocycles. The molecule has 0 bridgehead atoms. The van der Waals surface area contributed by atoms with Crippen LogP contribution in [-0.4, -0.2) is 43.7 Å². The zero-order valence-electron chi connectivity index (χ0n) is 11.7. The highest BCUT2D eigenvalue weighted by Gasteiger charge is 2.16. The number of aliphatic hydroxyl groups is 1. The lowest BCUT2D eigenvalue weighted by Crippen LogP contribution is -2.26. The minimum absolute atomic E-state index is 0.182. The van der Waals surface area contributed by atoms with Crippen molar-refractivity contribution < 1.29 is 19.3 Å². The molecule has 20 heavy (non-hydrogen) atoms. The quantitative estimate of drug-likeness (QED) is 0.746. The van der Waals surface area contributed by atoms with E-state index in [0.29, 0.717) is 18.9 Å². The summed E-state index contributed by atoms with van der Waals surface area (Å²) in [7, 11) is 0. The first-order valence-electron chi connectivity index (χ1n) is 7.07. The number of rotatable bonds is 8. The summed E-state index contributed by atoms with van der Waals surface area (Å²) in [6, 6.07) is 7.56. The predicted molar refractivity (Wildman–Crippen MR) is 75.6 cm³/mol. The molecule has 1 aliphatic rings. The lowest BCUT2D eigenvalue weighted by Gasteiger charge is -2.16. The van der Waals surface area contributed by atoms with Crippen LogP contribution in [0.3, 0.4) is 0 Å². The van der Waals surface area contributed by atoms with Gasteiger partial charge in [-0.3, -0.25) is 0 Å². The van der Waals surface area contributed by atoms with E-state index in [2.05, 4.69) is 0 Å². The molecule has 0 spiro atoms. The summed E-state index contributed by atoms with van der Waals surface area (Å²) in [6.45, 7) is 2.22. The summed E-state index contributed by atoms with van der Waals surface area (Å²) in [5.74, 6) is 0.716. The third-order valence-electron chi connectivity index (χ3n) is 3.26. The molecule has 0 aliphatic carbocycles. The predicted octanol–water partition coefficient (Wildman–Crippen LogP) is 1.08. The zero-order valence-corrected chi connectivity index (χ0v) is 11.7. The number of aliphatic hydroxyl groups excluding tert-OH is 1. The number of benzene rings is 1. The fraction of sp³-hybridized carbons (Fsp3) is 0.600. The van der Waals surface area contributed by atoms with Crippen LogP contribution in [0.2, 0.25) is 0 Å². The van der Waals surface area contributed by atoms with Gasteiger partial charge in [0.05, 0.1) is 19.3 Å². The van der Waals surface area contributed by atoms with E-state index in [1.807, 2.05) is 24.3 Å². The Morgan fingerprint density at radius 2 is 2.20 bits per heavy atom. The van der Waals surface area contributed by atoms with Gasteiger partial charge >= 0.3 is 0 Å². The summed E-state index contributed by atoms with van der Waals surface area (Å²) in [6.07, 6.45) is 1.66. The zero-order chi connectivity index (χ0) is 14.2. The standard InChI is InChI=1S/C15H23NO4/c16-8-12-4-1-2-6-15(12)20-10-13(17)9-18-11-14-5-3-7-19-14/h1-2,4,6,13-14,17H,3,5,7-11,16H2. The van der Waals surface area contributed by atoms with Gasteiger partial charge in [-0.1, -0.05) is 18.2 Å².